The molecule has 0 amide bonds. The number of aromatic hydroxyl groups is 1. The number of aromatic nitrogens is 3. The minimum atomic E-state index is -0.181. The third-order valence-corrected chi connectivity index (χ3v) is 3.78. The third kappa shape index (κ3) is 3.70. The molecule has 0 unspecified atom stereocenters. The highest BCUT2D eigenvalue weighted by molar-refractivity contribution is 6.30. The van der Waals surface area contributed by atoms with Crippen LogP contribution < -0.4 is 5.32 Å². The van der Waals surface area contributed by atoms with Crippen molar-refractivity contribution in [1.29, 1.82) is 0 Å². The molecule has 23 heavy (non-hydrogen) atoms. The fourth-order valence-corrected chi connectivity index (χ4v) is 2.60. The highest BCUT2D eigenvalue weighted by Crippen LogP contribution is 2.24. The summed E-state index contributed by atoms with van der Waals surface area (Å²) in [6.07, 6.45) is 0. The Labute approximate surface area is 139 Å². The van der Waals surface area contributed by atoms with Crippen LogP contribution in [0, 0.1) is 6.92 Å². The summed E-state index contributed by atoms with van der Waals surface area (Å²) in [5.41, 5.74) is 1.78. The van der Waals surface area contributed by atoms with Crippen molar-refractivity contribution < 1.29 is 5.11 Å². The number of aromatic amines is 1. The Hall–Kier alpha value is -2.37. The SMILES string of the molecule is Cc1nc([C@H](NCc2cc(Cl)ccc2O)c2ccccc2)n[nH]1. The topological polar surface area (TPSA) is 73.8 Å². The van der Waals surface area contributed by atoms with Gasteiger partial charge in [-0.05, 0) is 30.7 Å². The van der Waals surface area contributed by atoms with Gasteiger partial charge < -0.3 is 5.11 Å². The molecule has 0 radical (unpaired) electrons. The van der Waals surface area contributed by atoms with Crippen LogP contribution in [0.5, 0.6) is 5.75 Å². The van der Waals surface area contributed by atoms with Gasteiger partial charge in [-0.2, -0.15) is 5.10 Å². The number of phenols is 1. The zero-order valence-electron chi connectivity index (χ0n) is 12.6. The predicted octanol–water partition coefficient (Wildman–Crippen LogP) is 3.35. The summed E-state index contributed by atoms with van der Waals surface area (Å²) >= 11 is 6.00. The molecule has 0 aliphatic rings. The quantitative estimate of drug-likeness (QED) is 0.671. The minimum Gasteiger partial charge on any atom is -0.508 e. The molecule has 1 aromatic heterocycles. The molecule has 3 aromatic rings. The lowest BCUT2D eigenvalue weighted by Gasteiger charge is -2.17. The van der Waals surface area contributed by atoms with Crippen molar-refractivity contribution in [2.24, 2.45) is 0 Å². The lowest BCUT2D eigenvalue weighted by molar-refractivity contribution is 0.461. The molecule has 0 bridgehead atoms. The minimum absolute atomic E-state index is 0.181. The van der Waals surface area contributed by atoms with Crippen LogP contribution in [-0.4, -0.2) is 20.3 Å². The number of nitrogens with one attached hydrogen (secondary N) is 2. The first-order valence-corrected chi connectivity index (χ1v) is 7.66. The van der Waals surface area contributed by atoms with Gasteiger partial charge in [0.05, 0.1) is 6.04 Å². The number of phenolic OH excluding ortho intramolecular Hbond substituents is 1. The predicted molar refractivity (Wildman–Crippen MR) is 89.4 cm³/mol. The van der Waals surface area contributed by atoms with E-state index in [0.29, 0.717) is 17.4 Å². The van der Waals surface area contributed by atoms with E-state index in [1.807, 2.05) is 37.3 Å². The van der Waals surface area contributed by atoms with Crippen molar-refractivity contribution in [3.8, 4) is 5.75 Å². The van der Waals surface area contributed by atoms with Crippen molar-refractivity contribution in [1.82, 2.24) is 20.5 Å². The van der Waals surface area contributed by atoms with Crippen LogP contribution in [0.3, 0.4) is 0 Å². The molecule has 1 heterocycles. The van der Waals surface area contributed by atoms with Crippen molar-refractivity contribution in [3.05, 3.63) is 76.3 Å². The largest absolute Gasteiger partial charge is 0.508 e. The number of hydrogen-bond donors (Lipinski definition) is 3. The van der Waals surface area contributed by atoms with Gasteiger partial charge in [-0.15, -0.1) is 0 Å². The Morgan fingerprint density at radius 1 is 1.22 bits per heavy atom. The lowest BCUT2D eigenvalue weighted by atomic mass is 10.1. The number of nitrogens with zero attached hydrogens (tertiary/aromatic N) is 2. The highest BCUT2D eigenvalue weighted by atomic mass is 35.5. The normalized spacial score (nSPS) is 12.3. The van der Waals surface area contributed by atoms with Crippen molar-refractivity contribution in [2.75, 3.05) is 0 Å². The fourth-order valence-electron chi connectivity index (χ4n) is 2.40. The molecule has 1 atom stereocenters. The first-order valence-electron chi connectivity index (χ1n) is 7.28. The summed E-state index contributed by atoms with van der Waals surface area (Å²) in [4.78, 5) is 4.42. The van der Waals surface area contributed by atoms with E-state index in [4.69, 9.17) is 11.6 Å². The summed E-state index contributed by atoms with van der Waals surface area (Å²) in [6.45, 7) is 2.31. The van der Waals surface area contributed by atoms with Crippen LogP contribution in [0.15, 0.2) is 48.5 Å². The molecule has 0 fully saturated rings. The zero-order chi connectivity index (χ0) is 16.2. The van der Waals surface area contributed by atoms with E-state index in [9.17, 15) is 5.11 Å². The van der Waals surface area contributed by atoms with Gasteiger partial charge in [0.25, 0.3) is 0 Å². The smallest absolute Gasteiger partial charge is 0.172 e. The average molecular weight is 329 g/mol. The fraction of sp³-hybridized carbons (Fsp3) is 0.176. The molecule has 118 valence electrons. The lowest BCUT2D eigenvalue weighted by Crippen LogP contribution is -2.23. The van der Waals surface area contributed by atoms with Crippen LogP contribution in [0.25, 0.3) is 0 Å². The van der Waals surface area contributed by atoms with Crippen molar-refractivity contribution in [2.45, 2.75) is 19.5 Å². The number of H-pyrrole nitrogens is 1. The Balaban J connectivity index is 1.86. The Bertz CT molecular complexity index is 788. The summed E-state index contributed by atoms with van der Waals surface area (Å²) in [7, 11) is 0. The maximum Gasteiger partial charge on any atom is 0.172 e. The van der Waals surface area contributed by atoms with E-state index >= 15 is 0 Å². The highest BCUT2D eigenvalue weighted by Gasteiger charge is 2.18. The van der Waals surface area contributed by atoms with Crippen LogP contribution >= 0.6 is 11.6 Å². The average Bonchev–Trinajstić information content (AvgIpc) is 2.98. The molecular weight excluding hydrogens is 312 g/mol. The number of aryl methyl sites for hydroxylation is 1. The number of hydrogen-bond acceptors (Lipinski definition) is 4. The van der Waals surface area contributed by atoms with E-state index in [2.05, 4.69) is 20.5 Å². The third-order valence-electron chi connectivity index (χ3n) is 3.54. The standard InChI is InChI=1S/C17H17ClN4O/c1-11-20-17(22-21-11)16(12-5-3-2-4-6-12)19-10-13-9-14(18)7-8-15(13)23/h2-9,16,19,23H,10H2,1H3,(H,20,21,22)/t16-/m1/s1. The number of halogens is 1. The van der Waals surface area contributed by atoms with Gasteiger partial charge >= 0.3 is 0 Å². The summed E-state index contributed by atoms with van der Waals surface area (Å²) in [5, 5.41) is 21.1. The molecule has 2 aromatic carbocycles. The van der Waals surface area contributed by atoms with Crippen LogP contribution in [0.2, 0.25) is 5.02 Å². The number of benzene rings is 2. The van der Waals surface area contributed by atoms with Gasteiger partial charge in [0.2, 0.25) is 0 Å². The Morgan fingerprint density at radius 3 is 2.70 bits per heavy atom. The maximum atomic E-state index is 9.96. The molecule has 0 spiro atoms. The Kier molecular flexibility index (Phi) is 4.60. The van der Waals surface area contributed by atoms with Crippen LogP contribution in [0.4, 0.5) is 0 Å². The van der Waals surface area contributed by atoms with Crippen LogP contribution in [0.1, 0.15) is 28.8 Å². The van der Waals surface area contributed by atoms with Gasteiger partial charge in [0.1, 0.15) is 11.6 Å². The van der Waals surface area contributed by atoms with Crippen molar-refractivity contribution in [3.63, 3.8) is 0 Å². The monoisotopic (exact) mass is 328 g/mol. The first kappa shape index (κ1) is 15.5. The molecule has 3 N–H and O–H groups in total. The maximum absolute atomic E-state index is 9.96. The van der Waals surface area contributed by atoms with Gasteiger partial charge in [0, 0.05) is 17.1 Å². The van der Waals surface area contributed by atoms with E-state index < -0.39 is 0 Å². The Morgan fingerprint density at radius 2 is 2.00 bits per heavy atom. The summed E-state index contributed by atoms with van der Waals surface area (Å²) in [5.74, 6) is 1.63. The van der Waals surface area contributed by atoms with Gasteiger partial charge in [-0.1, -0.05) is 41.9 Å². The van der Waals surface area contributed by atoms with Gasteiger partial charge in [0.15, 0.2) is 5.82 Å². The molecule has 6 heteroatoms. The molecule has 3 rings (SSSR count). The molecule has 0 aliphatic heterocycles. The van der Waals surface area contributed by atoms with E-state index in [-0.39, 0.29) is 11.8 Å². The second kappa shape index (κ2) is 6.81. The summed E-state index contributed by atoms with van der Waals surface area (Å²) < 4.78 is 0. The molecule has 0 saturated heterocycles. The van der Waals surface area contributed by atoms with E-state index in [1.54, 1.807) is 18.2 Å². The van der Waals surface area contributed by atoms with Crippen molar-refractivity contribution >= 4 is 11.6 Å². The van der Waals surface area contributed by atoms with Gasteiger partial charge in [-0.25, -0.2) is 4.98 Å². The second-order valence-electron chi connectivity index (χ2n) is 5.28. The van der Waals surface area contributed by atoms with Crippen LogP contribution in [-0.2, 0) is 6.54 Å². The first-order chi connectivity index (χ1) is 11.1. The molecule has 5 nitrogen and oxygen atoms in total. The second-order valence-corrected chi connectivity index (χ2v) is 5.71. The van der Waals surface area contributed by atoms with E-state index in [0.717, 1.165) is 17.0 Å². The molecular formula is C17H17ClN4O. The van der Waals surface area contributed by atoms with Gasteiger partial charge in [-0.3, -0.25) is 10.4 Å². The van der Waals surface area contributed by atoms with E-state index in [1.165, 1.54) is 0 Å². The molecule has 0 aliphatic carbocycles. The molecule has 0 saturated carbocycles. The summed E-state index contributed by atoms with van der Waals surface area (Å²) in [6, 6.07) is 14.8. The number of rotatable bonds is 5. The zero-order valence-corrected chi connectivity index (χ0v) is 13.4.